The van der Waals surface area contributed by atoms with Crippen molar-refractivity contribution in [2.75, 3.05) is 30.5 Å². The summed E-state index contributed by atoms with van der Waals surface area (Å²) < 4.78 is 91.4. The van der Waals surface area contributed by atoms with Gasteiger partial charge in [-0.05, 0) is 18.2 Å². The van der Waals surface area contributed by atoms with Crippen molar-refractivity contribution >= 4 is 48.1 Å². The molecule has 0 aliphatic carbocycles. The Labute approximate surface area is 149 Å². The zero-order valence-electron chi connectivity index (χ0n) is 12.4. The minimum atomic E-state index is -4.77. The molecule has 0 aliphatic rings. The summed E-state index contributed by atoms with van der Waals surface area (Å²) in [7, 11) is -13.4. The van der Waals surface area contributed by atoms with E-state index in [0.29, 0.717) is 0 Å². The predicted octanol–water partition coefficient (Wildman–Crippen LogP) is -0.227. The van der Waals surface area contributed by atoms with Crippen molar-refractivity contribution in [2.24, 2.45) is 0 Å². The lowest BCUT2D eigenvalue weighted by molar-refractivity contribution is 0.282. The molecule has 0 fully saturated rings. The second kappa shape index (κ2) is 8.63. The molecule has 144 valence electrons. The molecule has 15 heteroatoms. The van der Waals surface area contributed by atoms with Gasteiger partial charge in [0, 0.05) is 16.3 Å². The van der Waals surface area contributed by atoms with E-state index in [4.69, 9.17) is 14.8 Å². The van der Waals surface area contributed by atoms with Crippen LogP contribution in [-0.2, 0) is 39.0 Å². The van der Waals surface area contributed by atoms with E-state index in [9.17, 15) is 25.3 Å². The smallest absolute Gasteiger partial charge is 0.397 e. The molecule has 11 nitrogen and oxygen atoms in total. The number of rotatable bonds is 10. The first-order valence-corrected chi connectivity index (χ1v) is 11.7. The number of benzene rings is 1. The number of thioether (sulfide) groups is 1. The van der Waals surface area contributed by atoms with Crippen molar-refractivity contribution in [2.45, 2.75) is 9.79 Å². The highest BCUT2D eigenvalue weighted by molar-refractivity contribution is 8.00. The molecule has 0 aliphatic heterocycles. The maximum absolute atomic E-state index is 12.3. The number of nitrogens with two attached hydrogens (primary N) is 1. The Morgan fingerprint density at radius 1 is 0.960 bits per heavy atom. The number of hydrogen-bond donors (Lipinski definition) is 3. The van der Waals surface area contributed by atoms with Crippen molar-refractivity contribution in [3.8, 4) is 0 Å². The highest BCUT2D eigenvalue weighted by Gasteiger charge is 2.21. The molecule has 0 amide bonds. The predicted molar refractivity (Wildman–Crippen MR) is 88.6 cm³/mol. The maximum Gasteiger partial charge on any atom is 0.397 e. The molecule has 0 bridgehead atoms. The average Bonchev–Trinajstić information content (AvgIpc) is 2.42. The summed E-state index contributed by atoms with van der Waals surface area (Å²) in [6, 6.07) is 3.94. The molecule has 0 spiro atoms. The summed E-state index contributed by atoms with van der Waals surface area (Å²) in [4.78, 5) is -0.0108. The molecule has 0 aromatic heterocycles. The summed E-state index contributed by atoms with van der Waals surface area (Å²) in [6.07, 6.45) is 0. The lowest BCUT2D eigenvalue weighted by Crippen LogP contribution is -2.16. The van der Waals surface area contributed by atoms with Crippen LogP contribution in [0.15, 0.2) is 28.0 Å². The minimum absolute atomic E-state index is 0.00620. The summed E-state index contributed by atoms with van der Waals surface area (Å²) in [5, 5.41) is 0. The van der Waals surface area contributed by atoms with Gasteiger partial charge in [0.15, 0.2) is 9.84 Å². The minimum Gasteiger partial charge on any atom is -0.399 e. The van der Waals surface area contributed by atoms with Crippen LogP contribution >= 0.6 is 11.8 Å². The third-order valence-electron chi connectivity index (χ3n) is 2.46. The Balaban J connectivity index is 2.88. The first kappa shape index (κ1) is 22.1. The molecule has 0 radical (unpaired) electrons. The molecule has 25 heavy (non-hydrogen) atoms. The van der Waals surface area contributed by atoms with Crippen LogP contribution in [-0.4, -0.2) is 59.1 Å². The van der Waals surface area contributed by atoms with Crippen LogP contribution in [0.3, 0.4) is 0 Å². The van der Waals surface area contributed by atoms with Gasteiger partial charge in [-0.2, -0.15) is 16.8 Å². The molecule has 0 unspecified atom stereocenters. The monoisotopic (exact) mass is 437 g/mol. The Morgan fingerprint density at radius 2 is 1.52 bits per heavy atom. The average molecular weight is 437 g/mol. The van der Waals surface area contributed by atoms with Gasteiger partial charge >= 0.3 is 20.8 Å². The zero-order valence-corrected chi connectivity index (χ0v) is 15.7. The Kier molecular flexibility index (Phi) is 7.63. The Morgan fingerprint density at radius 3 is 2.08 bits per heavy atom. The van der Waals surface area contributed by atoms with Crippen molar-refractivity contribution in [1.29, 1.82) is 0 Å². The van der Waals surface area contributed by atoms with Gasteiger partial charge in [-0.1, -0.05) is 0 Å². The van der Waals surface area contributed by atoms with Gasteiger partial charge in [-0.15, -0.1) is 11.8 Å². The van der Waals surface area contributed by atoms with Gasteiger partial charge in [0.05, 0.1) is 23.9 Å². The molecule has 0 saturated carbocycles. The molecule has 1 aromatic carbocycles. The SMILES string of the molecule is Nc1ccc(SCCOS(=O)(=O)O)c(S(=O)(=O)CCOS(=O)(=O)O)c1. The van der Waals surface area contributed by atoms with Gasteiger partial charge in [0.1, 0.15) is 0 Å². The highest BCUT2D eigenvalue weighted by Crippen LogP contribution is 2.29. The quantitative estimate of drug-likeness (QED) is 0.189. The molecule has 4 N–H and O–H groups in total. The van der Waals surface area contributed by atoms with Crippen molar-refractivity contribution in [3.05, 3.63) is 18.2 Å². The second-order valence-corrected chi connectivity index (χ2v) is 9.77. The number of anilines is 1. The van der Waals surface area contributed by atoms with E-state index in [1.165, 1.54) is 12.1 Å². The van der Waals surface area contributed by atoms with Crippen LogP contribution in [0, 0.1) is 0 Å². The van der Waals surface area contributed by atoms with Gasteiger partial charge < -0.3 is 5.73 Å². The molecular formula is C10H15NO10S4. The Hall–Kier alpha value is -0.940. The summed E-state index contributed by atoms with van der Waals surface area (Å²) in [6.45, 7) is -1.20. The van der Waals surface area contributed by atoms with Crippen molar-refractivity contribution < 1.29 is 42.7 Å². The van der Waals surface area contributed by atoms with Crippen LogP contribution in [0.4, 0.5) is 5.69 Å². The second-order valence-electron chi connectivity index (χ2n) is 4.37. The van der Waals surface area contributed by atoms with Crippen LogP contribution in [0.1, 0.15) is 0 Å². The number of hydrogen-bond acceptors (Lipinski definition) is 10. The fraction of sp³-hybridized carbons (Fsp3) is 0.400. The third-order valence-corrected chi connectivity index (χ3v) is 6.27. The van der Waals surface area contributed by atoms with Gasteiger partial charge in [0.25, 0.3) is 0 Å². The third kappa shape index (κ3) is 8.82. The summed E-state index contributed by atoms with van der Waals surface area (Å²) >= 11 is 0.919. The van der Waals surface area contributed by atoms with Crippen LogP contribution < -0.4 is 5.73 Å². The molecule has 0 atom stereocenters. The number of nitrogen functional groups attached to an aromatic ring is 1. The largest absolute Gasteiger partial charge is 0.399 e. The Bertz CT molecular complexity index is 907. The molecule has 0 heterocycles. The normalized spacial score (nSPS) is 13.0. The van der Waals surface area contributed by atoms with Crippen LogP contribution in [0.5, 0.6) is 0 Å². The van der Waals surface area contributed by atoms with E-state index in [1.54, 1.807) is 0 Å². The summed E-state index contributed by atoms with van der Waals surface area (Å²) in [5.41, 5.74) is 5.69. The zero-order chi connectivity index (χ0) is 19.3. The van der Waals surface area contributed by atoms with Gasteiger partial charge in [-0.25, -0.2) is 16.8 Å². The van der Waals surface area contributed by atoms with E-state index < -0.39 is 49.6 Å². The van der Waals surface area contributed by atoms with Gasteiger partial charge in [0.2, 0.25) is 0 Å². The van der Waals surface area contributed by atoms with Crippen molar-refractivity contribution in [3.63, 3.8) is 0 Å². The summed E-state index contributed by atoms with van der Waals surface area (Å²) in [5.74, 6) is -0.751. The lowest BCUT2D eigenvalue weighted by Gasteiger charge is -2.11. The lowest BCUT2D eigenvalue weighted by atomic mass is 10.3. The fourth-order valence-corrected chi connectivity index (χ4v) is 4.86. The molecular weight excluding hydrogens is 422 g/mol. The molecule has 1 rings (SSSR count). The molecule has 1 aromatic rings. The van der Waals surface area contributed by atoms with Gasteiger partial charge in [-0.3, -0.25) is 9.11 Å². The van der Waals surface area contributed by atoms with Crippen LogP contribution in [0.25, 0.3) is 0 Å². The first-order valence-electron chi connectivity index (χ1n) is 6.29. The van der Waals surface area contributed by atoms with E-state index in [-0.39, 0.29) is 21.2 Å². The standard InChI is InChI=1S/C10H15NO10S4/c11-8-1-2-9(22-5-3-20-24(14,15)16)10(7-8)23(12,13)6-4-21-25(17,18)19/h1-2,7H,3-6,11H2,(H,14,15,16)(H,17,18,19). The van der Waals surface area contributed by atoms with E-state index >= 15 is 0 Å². The van der Waals surface area contributed by atoms with E-state index in [1.807, 2.05) is 0 Å². The molecule has 0 saturated heterocycles. The van der Waals surface area contributed by atoms with E-state index in [0.717, 1.165) is 17.8 Å². The van der Waals surface area contributed by atoms with Crippen LogP contribution in [0.2, 0.25) is 0 Å². The van der Waals surface area contributed by atoms with E-state index in [2.05, 4.69) is 8.37 Å². The topological polar surface area (TPSA) is 187 Å². The van der Waals surface area contributed by atoms with Crippen molar-refractivity contribution in [1.82, 2.24) is 0 Å². The highest BCUT2D eigenvalue weighted by atomic mass is 32.3. The number of sulfone groups is 1. The maximum atomic E-state index is 12.3. The first-order chi connectivity index (χ1) is 11.3. The fourth-order valence-electron chi connectivity index (χ4n) is 1.54.